The number of rotatable bonds is 9. The summed E-state index contributed by atoms with van der Waals surface area (Å²) < 4.78 is 11.4. The number of thiophene rings is 2. The van der Waals surface area contributed by atoms with Crippen LogP contribution in [-0.4, -0.2) is 29.9 Å². The van der Waals surface area contributed by atoms with Gasteiger partial charge in [-0.05, 0) is 117 Å². The van der Waals surface area contributed by atoms with Gasteiger partial charge in [0.05, 0.1) is 34.2 Å². The predicted molar refractivity (Wildman–Crippen MR) is 501 cm³/mol. The molecule has 570 valence electrons. The van der Waals surface area contributed by atoms with Gasteiger partial charge in [-0.15, -0.1) is 22.7 Å². The van der Waals surface area contributed by atoms with Crippen LogP contribution in [0.25, 0.3) is 197 Å². The second-order valence-corrected chi connectivity index (χ2v) is 35.3. The Morgan fingerprint density at radius 1 is 0.200 bits per heavy atom. The summed E-state index contributed by atoms with van der Waals surface area (Å²) in [6, 6.07) is 129. The second kappa shape index (κ2) is 28.6. The van der Waals surface area contributed by atoms with E-state index in [1.807, 2.05) is 89.4 Å². The lowest BCUT2D eigenvalue weighted by atomic mass is 9.80. The Kier molecular flexibility index (Phi) is 17.2. The summed E-state index contributed by atoms with van der Waals surface area (Å²) in [4.78, 5) is 31.2. The van der Waals surface area contributed by atoms with E-state index in [4.69, 9.17) is 34.3 Å². The first-order valence-electron chi connectivity index (χ1n) is 41.0. The van der Waals surface area contributed by atoms with Gasteiger partial charge in [-0.3, -0.25) is 0 Å². The number of hydrogen-bond acceptors (Lipinski definition) is 9. The molecule has 0 N–H and O–H groups in total. The van der Waals surface area contributed by atoms with Crippen LogP contribution in [0.5, 0.6) is 0 Å². The van der Waals surface area contributed by atoms with Crippen molar-refractivity contribution >= 4 is 85.0 Å². The van der Waals surface area contributed by atoms with Crippen molar-refractivity contribution in [3.8, 4) is 135 Å². The number of nitrogens with zero attached hydrogens (tertiary/aromatic N) is 6. The van der Waals surface area contributed by atoms with Gasteiger partial charge in [0.15, 0.2) is 17.5 Å². The Morgan fingerprint density at radius 3 is 1.03 bits per heavy atom. The molecular weight excluding hydrogens is 1500 g/mol. The van der Waals surface area contributed by atoms with Gasteiger partial charge >= 0.3 is 0 Å². The highest BCUT2D eigenvalue weighted by Gasteiger charge is 2.44. The number of aromatic nitrogens is 6. The van der Waals surface area contributed by atoms with E-state index in [9.17, 15) is 0 Å². The highest BCUT2D eigenvalue weighted by molar-refractivity contribution is 7.26. The van der Waals surface area contributed by atoms with Crippen LogP contribution < -0.4 is 0 Å². The molecule has 120 heavy (non-hydrogen) atoms. The molecule has 15 aromatic carbocycles. The average molecular weight is 1580 g/mol. The van der Waals surface area contributed by atoms with E-state index in [0.29, 0.717) is 0 Å². The molecule has 0 unspecified atom stereocenters. The van der Waals surface area contributed by atoms with Gasteiger partial charge < -0.3 is 4.42 Å². The molecule has 0 saturated heterocycles. The van der Waals surface area contributed by atoms with Crippen molar-refractivity contribution in [2.75, 3.05) is 0 Å². The minimum absolute atomic E-state index is 0.206. The summed E-state index contributed by atoms with van der Waals surface area (Å²) in [5.74, 6) is 2.28. The van der Waals surface area contributed by atoms with Crippen LogP contribution in [-0.2, 0) is 16.2 Å². The van der Waals surface area contributed by atoms with Crippen LogP contribution in [0.4, 0.5) is 0 Å². The number of para-hydroxylation sites is 1. The average Bonchev–Trinajstić information content (AvgIpc) is 1.57. The van der Waals surface area contributed by atoms with Gasteiger partial charge in [-0.25, -0.2) is 29.9 Å². The molecule has 24 rings (SSSR count). The maximum Gasteiger partial charge on any atom is 0.160 e. The van der Waals surface area contributed by atoms with Crippen molar-refractivity contribution in [1.29, 1.82) is 0 Å². The zero-order valence-corrected chi connectivity index (χ0v) is 68.7. The molecule has 3 aliphatic carbocycles. The molecular formula is C111H78N6OS2. The fourth-order valence-corrected chi connectivity index (χ4v) is 21.0. The van der Waals surface area contributed by atoms with E-state index < -0.39 is 0 Å². The van der Waals surface area contributed by atoms with Gasteiger partial charge in [-0.1, -0.05) is 339 Å². The monoisotopic (exact) mass is 1570 g/mol. The number of benzene rings is 15. The van der Waals surface area contributed by atoms with Gasteiger partial charge in [0.2, 0.25) is 0 Å². The summed E-state index contributed by atoms with van der Waals surface area (Å²) in [7, 11) is 0. The molecule has 9 heteroatoms. The van der Waals surface area contributed by atoms with Crippen molar-refractivity contribution in [3.63, 3.8) is 0 Å². The molecule has 0 fully saturated rings. The second-order valence-electron chi connectivity index (χ2n) is 33.1. The highest BCUT2D eigenvalue weighted by atomic mass is 32.1. The molecule has 0 spiro atoms. The zero-order valence-electron chi connectivity index (χ0n) is 67.0. The van der Waals surface area contributed by atoms with Crippen LogP contribution >= 0.6 is 22.7 Å². The summed E-state index contributed by atoms with van der Waals surface area (Å²) in [6.07, 6.45) is 0. The molecule has 6 heterocycles. The first kappa shape index (κ1) is 72.3. The van der Waals surface area contributed by atoms with E-state index in [0.717, 1.165) is 118 Å². The van der Waals surface area contributed by atoms with Crippen LogP contribution in [0.15, 0.2) is 368 Å². The predicted octanol–water partition coefficient (Wildman–Crippen LogP) is 30.0. The van der Waals surface area contributed by atoms with Crippen LogP contribution in [0.3, 0.4) is 0 Å². The van der Waals surface area contributed by atoms with Gasteiger partial charge in [0.1, 0.15) is 11.2 Å². The van der Waals surface area contributed by atoms with E-state index in [1.54, 1.807) is 0 Å². The molecule has 0 atom stereocenters. The standard InChI is InChI=1S/C37H26N2O.2C37H26N2S/c1-37(2)30-14-8-6-13-28(30)35-33(37)34(38-36(39-35)25-10-4-3-5-11-25)24-18-16-23(17-19-24)26-20-21-32-29(22-26)27-12-7-9-15-31(27)40-32;1-37(2)30-22-26(25-18-20-32-29(21-25)27-15-9-10-16-31(27)40-32)17-19-28(30)35-33(37)34(23-11-5-3-6-12-23)38-36(39-35)24-13-7-4-8-14-24;1-37(2)30-19-17-25(26-18-20-32-28(21-26)27-15-9-10-16-31(27)40-32)22-29(30)35-33(37)34(23-11-5-3-6-12-23)38-36(39-35)24-13-7-4-8-14-24/h3*3-22H,1-2H3. The number of fused-ring (bicyclic) bond motifs is 18. The number of hydrogen-bond donors (Lipinski definition) is 0. The van der Waals surface area contributed by atoms with Crippen molar-refractivity contribution in [1.82, 2.24) is 29.9 Å². The molecule has 6 aromatic heterocycles. The van der Waals surface area contributed by atoms with E-state index in [1.165, 1.54) is 113 Å². The van der Waals surface area contributed by atoms with Gasteiger partial charge in [-0.2, -0.15) is 0 Å². The summed E-state index contributed by atoms with van der Waals surface area (Å²) in [6.45, 7) is 13.8. The summed E-state index contributed by atoms with van der Waals surface area (Å²) >= 11 is 3.72. The van der Waals surface area contributed by atoms with Crippen molar-refractivity contribution < 1.29 is 4.42 Å². The molecule has 0 aliphatic heterocycles. The first-order valence-corrected chi connectivity index (χ1v) is 42.7. The largest absolute Gasteiger partial charge is 0.456 e. The van der Waals surface area contributed by atoms with Crippen molar-refractivity contribution in [3.05, 3.63) is 397 Å². The van der Waals surface area contributed by atoms with E-state index in [-0.39, 0.29) is 16.2 Å². The summed E-state index contributed by atoms with van der Waals surface area (Å²) in [5.41, 5.74) is 32.0. The Balaban J connectivity index is 0.000000108. The van der Waals surface area contributed by atoms with E-state index in [2.05, 4.69) is 339 Å². The Bertz CT molecular complexity index is 7620. The molecule has 0 saturated carbocycles. The van der Waals surface area contributed by atoms with Gasteiger partial charge in [0.25, 0.3) is 0 Å². The lowest BCUT2D eigenvalue weighted by Crippen LogP contribution is -2.17. The third-order valence-electron chi connectivity index (χ3n) is 24.8. The minimum atomic E-state index is -0.250. The van der Waals surface area contributed by atoms with Crippen molar-refractivity contribution in [2.45, 2.75) is 57.8 Å². The first-order chi connectivity index (χ1) is 58.7. The lowest BCUT2D eigenvalue weighted by molar-refractivity contribution is 0.657. The quantitative estimate of drug-likeness (QED) is 0.142. The molecule has 3 aliphatic rings. The molecule has 0 amide bonds. The van der Waals surface area contributed by atoms with Crippen molar-refractivity contribution in [2.24, 2.45) is 0 Å². The van der Waals surface area contributed by atoms with E-state index >= 15 is 0 Å². The molecule has 7 nitrogen and oxygen atoms in total. The third kappa shape index (κ3) is 12.1. The fourth-order valence-electron chi connectivity index (χ4n) is 18.8. The normalized spacial score (nSPS) is 13.4. The number of furan rings is 1. The Morgan fingerprint density at radius 2 is 0.517 bits per heavy atom. The maximum absolute atomic E-state index is 6.04. The molecule has 21 aromatic rings. The lowest BCUT2D eigenvalue weighted by Gasteiger charge is -2.24. The zero-order chi connectivity index (χ0) is 80.5. The Labute approximate surface area is 704 Å². The minimum Gasteiger partial charge on any atom is -0.456 e. The topological polar surface area (TPSA) is 90.5 Å². The fraction of sp³-hybridized carbons (Fsp3) is 0.0811. The Hall–Kier alpha value is -14.2. The smallest absolute Gasteiger partial charge is 0.160 e. The maximum atomic E-state index is 6.04. The molecule has 0 radical (unpaired) electrons. The summed E-state index contributed by atoms with van der Waals surface area (Å²) in [5, 5.41) is 7.57. The van der Waals surface area contributed by atoms with Crippen LogP contribution in [0.2, 0.25) is 0 Å². The third-order valence-corrected chi connectivity index (χ3v) is 27.1. The van der Waals surface area contributed by atoms with Crippen LogP contribution in [0, 0.1) is 0 Å². The SMILES string of the molecule is CC1(C)c2cc(-c3ccc4sc5ccccc5c4c3)ccc2-c2nc(-c3ccccc3)nc(-c3ccccc3)c21.CC1(C)c2ccc(-c3ccc4sc5ccccc5c4c3)cc2-c2nc(-c3ccccc3)nc(-c3ccccc3)c21.CC1(C)c2ccccc2-c2nc(-c3ccccc3)nc(-c3ccc(-c4ccc5oc6ccccc6c5c4)cc3)c21. The van der Waals surface area contributed by atoms with Crippen LogP contribution in [0.1, 0.15) is 74.9 Å². The van der Waals surface area contributed by atoms with Gasteiger partial charge in [0, 0.05) is 134 Å². The molecule has 0 bridgehead atoms. The highest BCUT2D eigenvalue weighted by Crippen LogP contribution is 2.56.